The van der Waals surface area contributed by atoms with Crippen LogP contribution < -0.4 is 0 Å². The largest absolute Gasteiger partial charge is 0.432 e. The maximum absolute atomic E-state index is 13.9. The van der Waals surface area contributed by atoms with Crippen molar-refractivity contribution in [1.82, 2.24) is 15.1 Å². The highest BCUT2D eigenvalue weighted by molar-refractivity contribution is 5.92. The molecule has 1 aromatic heterocycles. The highest BCUT2D eigenvalue weighted by Gasteiger charge is 2.36. The van der Waals surface area contributed by atoms with E-state index in [9.17, 15) is 22.4 Å². The van der Waals surface area contributed by atoms with Gasteiger partial charge in [-0.3, -0.25) is 9.89 Å². The van der Waals surface area contributed by atoms with Gasteiger partial charge in [0, 0.05) is 24.8 Å². The Kier molecular flexibility index (Phi) is 4.76. The topological polar surface area (TPSA) is 58.2 Å². The number of carbonyl (C=O) groups excluding carboxylic acids is 1. The van der Waals surface area contributed by atoms with Crippen molar-refractivity contribution in [3.63, 3.8) is 0 Å². The van der Waals surface area contributed by atoms with Gasteiger partial charge in [0.1, 0.15) is 11.5 Å². The van der Waals surface area contributed by atoms with Crippen molar-refractivity contribution >= 4 is 5.91 Å². The molecule has 3 rings (SSSR count). The number of benzene rings is 1. The summed E-state index contributed by atoms with van der Waals surface area (Å²) in [6, 6.07) is 6.25. The van der Waals surface area contributed by atoms with Crippen LogP contribution in [-0.2, 0) is 17.5 Å². The van der Waals surface area contributed by atoms with Gasteiger partial charge in [-0.25, -0.2) is 4.39 Å². The third-order valence-electron chi connectivity index (χ3n) is 4.01. The minimum absolute atomic E-state index is 0.0757. The third kappa shape index (κ3) is 3.81. The zero-order valence-electron chi connectivity index (χ0n) is 13.0. The number of ether oxygens (including phenoxy) is 1. The number of nitrogens with zero attached hydrogens (tertiary/aromatic N) is 2. The molecule has 5 nitrogen and oxygen atoms in total. The first kappa shape index (κ1) is 17.4. The lowest BCUT2D eigenvalue weighted by atomic mass is 10.1. The summed E-state index contributed by atoms with van der Waals surface area (Å²) >= 11 is 0. The van der Waals surface area contributed by atoms with Crippen LogP contribution in [0.1, 0.15) is 28.2 Å². The van der Waals surface area contributed by atoms with Gasteiger partial charge in [-0.05, 0) is 12.5 Å². The lowest BCUT2D eigenvalue weighted by Crippen LogP contribution is -2.40. The van der Waals surface area contributed by atoms with Crippen LogP contribution in [0.15, 0.2) is 30.3 Å². The molecule has 1 fully saturated rings. The zero-order valence-corrected chi connectivity index (χ0v) is 13.0. The SMILES string of the molecule is O=C(c1cc(C(F)(F)F)[nH]n1)N(Cc1ccccc1F)C1CCOC1. The summed E-state index contributed by atoms with van der Waals surface area (Å²) in [5.74, 6) is -1.19. The summed E-state index contributed by atoms with van der Waals surface area (Å²) in [7, 11) is 0. The van der Waals surface area contributed by atoms with Crippen LogP contribution in [-0.4, -0.2) is 40.3 Å². The van der Waals surface area contributed by atoms with Gasteiger partial charge >= 0.3 is 6.18 Å². The van der Waals surface area contributed by atoms with E-state index in [1.807, 2.05) is 5.10 Å². The van der Waals surface area contributed by atoms with Crippen molar-refractivity contribution in [1.29, 1.82) is 0 Å². The van der Waals surface area contributed by atoms with Gasteiger partial charge in [0.25, 0.3) is 5.91 Å². The predicted octanol–water partition coefficient (Wildman–Crippen LogP) is 3.00. The van der Waals surface area contributed by atoms with Crippen molar-refractivity contribution in [2.24, 2.45) is 0 Å². The summed E-state index contributed by atoms with van der Waals surface area (Å²) in [4.78, 5) is 14.0. The van der Waals surface area contributed by atoms with E-state index >= 15 is 0 Å². The fourth-order valence-corrected chi connectivity index (χ4v) is 2.67. The van der Waals surface area contributed by atoms with Crippen LogP contribution >= 0.6 is 0 Å². The average Bonchev–Trinajstić information content (AvgIpc) is 3.24. The second-order valence-corrected chi connectivity index (χ2v) is 5.71. The molecule has 0 spiro atoms. The van der Waals surface area contributed by atoms with Crippen molar-refractivity contribution in [3.8, 4) is 0 Å². The van der Waals surface area contributed by atoms with Crippen LogP contribution in [0.3, 0.4) is 0 Å². The number of aromatic amines is 1. The Morgan fingerprint density at radius 3 is 2.72 bits per heavy atom. The van der Waals surface area contributed by atoms with Crippen molar-refractivity contribution < 1.29 is 27.1 Å². The number of alkyl halides is 3. The van der Waals surface area contributed by atoms with E-state index in [2.05, 4.69) is 5.10 Å². The number of halogens is 4. The highest BCUT2D eigenvalue weighted by atomic mass is 19.4. The second-order valence-electron chi connectivity index (χ2n) is 5.71. The molecule has 1 N–H and O–H groups in total. The van der Waals surface area contributed by atoms with Crippen molar-refractivity contribution in [2.75, 3.05) is 13.2 Å². The molecule has 1 atom stereocenters. The molecule has 2 heterocycles. The number of aromatic nitrogens is 2. The van der Waals surface area contributed by atoms with Gasteiger partial charge in [0.05, 0.1) is 12.6 Å². The van der Waals surface area contributed by atoms with Crippen LogP contribution in [0.25, 0.3) is 0 Å². The van der Waals surface area contributed by atoms with E-state index in [0.717, 1.165) is 0 Å². The van der Waals surface area contributed by atoms with Gasteiger partial charge in [-0.1, -0.05) is 18.2 Å². The summed E-state index contributed by atoms with van der Waals surface area (Å²) < 4.78 is 57.3. The number of hydrogen-bond acceptors (Lipinski definition) is 3. The van der Waals surface area contributed by atoms with Crippen molar-refractivity contribution in [2.45, 2.75) is 25.2 Å². The Morgan fingerprint density at radius 1 is 1.36 bits per heavy atom. The summed E-state index contributed by atoms with van der Waals surface area (Å²) in [6.45, 7) is 0.602. The van der Waals surface area contributed by atoms with Crippen LogP contribution in [0.5, 0.6) is 0 Å². The Bertz CT molecular complexity index is 754. The standard InChI is InChI=1S/C16H15F4N3O2/c17-12-4-2-1-3-10(12)8-23(11-5-6-25-9-11)15(24)13-7-14(22-21-13)16(18,19)20/h1-4,7,11H,5-6,8-9H2,(H,21,22). The minimum Gasteiger partial charge on any atom is -0.379 e. The maximum atomic E-state index is 13.9. The molecule has 1 unspecified atom stereocenters. The number of nitrogens with one attached hydrogen (secondary N) is 1. The molecular weight excluding hydrogens is 342 g/mol. The van der Waals surface area contributed by atoms with E-state index in [1.165, 1.54) is 23.1 Å². The molecule has 1 aliphatic rings. The fraction of sp³-hybridized carbons (Fsp3) is 0.375. The Labute approximate surface area is 140 Å². The fourth-order valence-electron chi connectivity index (χ4n) is 2.67. The smallest absolute Gasteiger partial charge is 0.379 e. The van der Waals surface area contributed by atoms with Gasteiger partial charge < -0.3 is 9.64 Å². The van der Waals surface area contributed by atoms with Crippen LogP contribution in [0.2, 0.25) is 0 Å². The van der Waals surface area contributed by atoms with Crippen LogP contribution in [0.4, 0.5) is 17.6 Å². The van der Waals surface area contributed by atoms with Gasteiger partial charge in [0.2, 0.25) is 0 Å². The molecule has 0 bridgehead atoms. The summed E-state index contributed by atoms with van der Waals surface area (Å²) in [6.07, 6.45) is -4.10. The lowest BCUT2D eigenvalue weighted by Gasteiger charge is -2.27. The molecule has 0 saturated carbocycles. The summed E-state index contributed by atoms with van der Waals surface area (Å²) in [5.41, 5.74) is -1.20. The third-order valence-corrected chi connectivity index (χ3v) is 4.01. The van der Waals surface area contributed by atoms with E-state index < -0.39 is 23.6 Å². The molecule has 1 aliphatic heterocycles. The quantitative estimate of drug-likeness (QED) is 0.856. The van der Waals surface area contributed by atoms with E-state index in [4.69, 9.17) is 4.74 Å². The van der Waals surface area contributed by atoms with Gasteiger partial charge in [-0.2, -0.15) is 18.3 Å². The number of H-pyrrole nitrogens is 1. The molecule has 25 heavy (non-hydrogen) atoms. The van der Waals surface area contributed by atoms with E-state index in [-0.39, 0.29) is 30.5 Å². The summed E-state index contributed by atoms with van der Waals surface area (Å²) in [5, 5.41) is 5.29. The molecule has 2 aromatic rings. The van der Waals surface area contributed by atoms with E-state index in [1.54, 1.807) is 6.07 Å². The normalized spacial score (nSPS) is 17.7. The highest BCUT2D eigenvalue weighted by Crippen LogP contribution is 2.28. The molecule has 0 aliphatic carbocycles. The van der Waals surface area contributed by atoms with Crippen LogP contribution in [0, 0.1) is 5.82 Å². The van der Waals surface area contributed by atoms with E-state index in [0.29, 0.717) is 19.1 Å². The van der Waals surface area contributed by atoms with Gasteiger partial charge in [-0.15, -0.1) is 0 Å². The Hall–Kier alpha value is -2.42. The number of amides is 1. The first-order chi connectivity index (χ1) is 11.9. The average molecular weight is 357 g/mol. The molecular formula is C16H15F4N3O2. The number of hydrogen-bond donors (Lipinski definition) is 1. The molecule has 1 saturated heterocycles. The maximum Gasteiger partial charge on any atom is 0.432 e. The second kappa shape index (κ2) is 6.83. The minimum atomic E-state index is -4.63. The Balaban J connectivity index is 1.87. The first-order valence-electron chi connectivity index (χ1n) is 7.61. The lowest BCUT2D eigenvalue weighted by molar-refractivity contribution is -0.141. The Morgan fingerprint density at radius 2 is 2.12 bits per heavy atom. The first-order valence-corrected chi connectivity index (χ1v) is 7.61. The monoisotopic (exact) mass is 357 g/mol. The molecule has 1 aromatic carbocycles. The molecule has 0 radical (unpaired) electrons. The molecule has 9 heteroatoms. The number of carbonyl (C=O) groups is 1. The zero-order chi connectivity index (χ0) is 18.0. The number of rotatable bonds is 4. The molecule has 134 valence electrons. The predicted molar refractivity (Wildman–Crippen MR) is 79.1 cm³/mol. The molecule has 1 amide bonds. The van der Waals surface area contributed by atoms with Crippen molar-refractivity contribution in [3.05, 3.63) is 53.1 Å². The van der Waals surface area contributed by atoms with Gasteiger partial charge in [0.15, 0.2) is 5.69 Å².